The fourth-order valence-electron chi connectivity index (χ4n) is 6.12. The first kappa shape index (κ1) is 26.1. The summed E-state index contributed by atoms with van der Waals surface area (Å²) in [6.45, 7) is 1.28. The third-order valence-corrected chi connectivity index (χ3v) is 8.09. The largest absolute Gasteiger partial charge is 0.481 e. The molecule has 2 heterocycles. The summed E-state index contributed by atoms with van der Waals surface area (Å²) in [4.78, 5) is 43.2. The SMILES string of the molecule is O=C(O)C1CCN(C(=O)N2CCc3c(CC(=O)N(c4ccccc4)[C@H]4CCCC(F)(F)C4)cccc32)CC1. The first-order chi connectivity index (χ1) is 18.2. The maximum Gasteiger partial charge on any atom is 0.324 e. The summed E-state index contributed by atoms with van der Waals surface area (Å²) < 4.78 is 28.7. The molecule has 0 unspecified atom stereocenters. The summed E-state index contributed by atoms with van der Waals surface area (Å²) in [5.41, 5.74) is 3.11. The van der Waals surface area contributed by atoms with E-state index in [1.54, 1.807) is 39.0 Å². The average Bonchev–Trinajstić information content (AvgIpc) is 3.34. The highest BCUT2D eigenvalue weighted by atomic mass is 19.3. The van der Waals surface area contributed by atoms with Crippen molar-refractivity contribution in [3.63, 3.8) is 0 Å². The molecule has 0 aromatic heterocycles. The van der Waals surface area contributed by atoms with E-state index < -0.39 is 23.9 Å². The van der Waals surface area contributed by atoms with Gasteiger partial charge in [-0.25, -0.2) is 13.6 Å². The Bertz CT molecular complexity index is 1200. The third-order valence-electron chi connectivity index (χ3n) is 8.09. The minimum absolute atomic E-state index is 0.0617. The zero-order valence-electron chi connectivity index (χ0n) is 21.3. The highest BCUT2D eigenvalue weighted by molar-refractivity contribution is 5.97. The number of carbonyl (C=O) groups excluding carboxylic acids is 2. The number of carboxylic acid groups (broad SMARTS) is 1. The summed E-state index contributed by atoms with van der Waals surface area (Å²) in [5, 5.41) is 9.25. The van der Waals surface area contributed by atoms with Crippen molar-refractivity contribution in [2.75, 3.05) is 29.4 Å². The van der Waals surface area contributed by atoms with Crippen molar-refractivity contribution < 1.29 is 28.3 Å². The number of benzene rings is 2. The minimum Gasteiger partial charge on any atom is -0.481 e. The van der Waals surface area contributed by atoms with Crippen molar-refractivity contribution in [1.82, 2.24) is 4.90 Å². The summed E-state index contributed by atoms with van der Waals surface area (Å²) >= 11 is 0. The van der Waals surface area contributed by atoms with E-state index in [2.05, 4.69) is 0 Å². The highest BCUT2D eigenvalue weighted by Gasteiger charge is 2.41. The number of fused-ring (bicyclic) bond motifs is 1. The quantitative estimate of drug-likeness (QED) is 0.588. The van der Waals surface area contributed by atoms with Crippen molar-refractivity contribution in [1.29, 1.82) is 0 Å². The molecule has 1 aliphatic carbocycles. The Morgan fingerprint density at radius 1 is 0.974 bits per heavy atom. The van der Waals surface area contributed by atoms with E-state index in [1.807, 2.05) is 24.3 Å². The van der Waals surface area contributed by atoms with Gasteiger partial charge in [-0.1, -0.05) is 30.3 Å². The molecule has 202 valence electrons. The molecule has 3 aliphatic rings. The van der Waals surface area contributed by atoms with E-state index in [-0.39, 0.29) is 31.2 Å². The van der Waals surface area contributed by atoms with E-state index in [4.69, 9.17) is 0 Å². The van der Waals surface area contributed by atoms with Crippen LogP contribution in [0.25, 0.3) is 0 Å². The zero-order valence-corrected chi connectivity index (χ0v) is 21.3. The van der Waals surface area contributed by atoms with Crippen LogP contribution in [0.5, 0.6) is 0 Å². The van der Waals surface area contributed by atoms with Crippen LogP contribution < -0.4 is 9.80 Å². The number of aliphatic carboxylic acids is 1. The van der Waals surface area contributed by atoms with Gasteiger partial charge in [0.1, 0.15) is 0 Å². The van der Waals surface area contributed by atoms with Crippen LogP contribution in [0.3, 0.4) is 0 Å². The van der Waals surface area contributed by atoms with E-state index in [9.17, 15) is 28.3 Å². The number of hydrogen-bond donors (Lipinski definition) is 1. The molecule has 2 fully saturated rings. The Morgan fingerprint density at radius 2 is 1.71 bits per heavy atom. The molecular formula is C29H33F2N3O4. The molecule has 3 amide bonds. The van der Waals surface area contributed by atoms with Crippen molar-refractivity contribution in [2.45, 2.75) is 63.3 Å². The lowest BCUT2D eigenvalue weighted by molar-refractivity contribution is -0.143. The zero-order chi connectivity index (χ0) is 26.9. The number of anilines is 2. The van der Waals surface area contributed by atoms with Gasteiger partial charge in [-0.3, -0.25) is 14.5 Å². The van der Waals surface area contributed by atoms with Gasteiger partial charge in [0.25, 0.3) is 0 Å². The molecule has 0 radical (unpaired) electrons. The number of nitrogens with zero attached hydrogens (tertiary/aromatic N) is 3. The number of carbonyl (C=O) groups is 3. The van der Waals surface area contributed by atoms with Crippen LogP contribution in [-0.2, 0) is 22.4 Å². The van der Waals surface area contributed by atoms with Gasteiger partial charge in [0, 0.05) is 49.9 Å². The second-order valence-corrected chi connectivity index (χ2v) is 10.6. The van der Waals surface area contributed by atoms with Crippen LogP contribution in [0.15, 0.2) is 48.5 Å². The monoisotopic (exact) mass is 525 g/mol. The molecule has 38 heavy (non-hydrogen) atoms. The van der Waals surface area contributed by atoms with Gasteiger partial charge in [-0.2, -0.15) is 0 Å². The van der Waals surface area contributed by atoms with E-state index >= 15 is 0 Å². The number of rotatable bonds is 5. The second-order valence-electron chi connectivity index (χ2n) is 10.6. The Morgan fingerprint density at radius 3 is 2.39 bits per heavy atom. The van der Waals surface area contributed by atoms with Crippen molar-refractivity contribution in [3.05, 3.63) is 59.7 Å². The number of halogens is 2. The molecule has 7 nitrogen and oxygen atoms in total. The topological polar surface area (TPSA) is 81.2 Å². The number of amides is 3. The first-order valence-electron chi connectivity index (χ1n) is 13.4. The number of hydrogen-bond acceptors (Lipinski definition) is 3. The van der Waals surface area contributed by atoms with E-state index in [0.717, 1.165) is 16.8 Å². The average molecular weight is 526 g/mol. The van der Waals surface area contributed by atoms with E-state index in [1.165, 1.54) is 0 Å². The normalized spacial score (nSPS) is 21.2. The minimum atomic E-state index is -2.79. The van der Waals surface area contributed by atoms with Gasteiger partial charge >= 0.3 is 12.0 Å². The smallest absolute Gasteiger partial charge is 0.324 e. The number of urea groups is 1. The van der Waals surface area contributed by atoms with Crippen molar-refractivity contribution in [2.24, 2.45) is 5.92 Å². The van der Waals surface area contributed by atoms with Crippen LogP contribution in [0.1, 0.15) is 49.7 Å². The molecule has 9 heteroatoms. The molecule has 0 bridgehead atoms. The standard InChI is InChI=1S/C29H33F2N3O4/c30-29(31)14-5-9-23(19-29)34(22-7-2-1-3-8-22)26(35)18-21-6-4-10-25-24(21)13-17-33(25)28(38)32-15-11-20(12-16-32)27(36)37/h1-4,6-8,10,20,23H,5,9,11-19H2,(H,36,37)/t23-/m0/s1. The van der Waals surface area contributed by atoms with Crippen LogP contribution in [0.4, 0.5) is 25.0 Å². The lowest BCUT2D eigenvalue weighted by Crippen LogP contribution is -2.47. The maximum absolute atomic E-state index is 14.3. The lowest BCUT2D eigenvalue weighted by Gasteiger charge is -2.37. The number of piperidine rings is 1. The Labute approximate surface area is 221 Å². The van der Waals surface area contributed by atoms with E-state index in [0.29, 0.717) is 57.4 Å². The Hall–Kier alpha value is -3.49. The second kappa shape index (κ2) is 10.7. The predicted molar refractivity (Wildman–Crippen MR) is 140 cm³/mol. The molecule has 1 atom stereocenters. The number of alkyl halides is 2. The summed E-state index contributed by atoms with van der Waals surface area (Å²) in [6.07, 6.45) is 1.94. The van der Waals surface area contributed by atoms with Crippen LogP contribution in [0.2, 0.25) is 0 Å². The van der Waals surface area contributed by atoms with Crippen molar-refractivity contribution in [3.8, 4) is 0 Å². The molecule has 1 saturated carbocycles. The molecule has 1 N–H and O–H groups in total. The van der Waals surface area contributed by atoms with Gasteiger partial charge in [0.05, 0.1) is 12.3 Å². The molecule has 1 saturated heterocycles. The van der Waals surface area contributed by atoms with Crippen LogP contribution in [-0.4, -0.2) is 59.5 Å². The van der Waals surface area contributed by atoms with Crippen molar-refractivity contribution >= 4 is 29.3 Å². The molecule has 0 spiro atoms. The molecule has 2 aromatic carbocycles. The van der Waals surface area contributed by atoms with Gasteiger partial charge in [-0.05, 0) is 61.4 Å². The maximum atomic E-state index is 14.3. The lowest BCUT2D eigenvalue weighted by atomic mass is 9.90. The van der Waals surface area contributed by atoms with Gasteiger partial charge in [-0.15, -0.1) is 0 Å². The Balaban J connectivity index is 1.34. The summed E-state index contributed by atoms with van der Waals surface area (Å²) in [7, 11) is 0. The summed E-state index contributed by atoms with van der Waals surface area (Å²) in [6, 6.07) is 13.9. The van der Waals surface area contributed by atoms with Gasteiger partial charge < -0.3 is 14.9 Å². The molecule has 5 rings (SSSR count). The van der Waals surface area contributed by atoms with Crippen LogP contribution >= 0.6 is 0 Å². The molecule has 2 aliphatic heterocycles. The number of carboxylic acids is 1. The summed E-state index contributed by atoms with van der Waals surface area (Å²) in [5.74, 6) is -4.25. The highest BCUT2D eigenvalue weighted by Crippen LogP contribution is 2.38. The number of likely N-dealkylation sites (tertiary alicyclic amines) is 1. The molecule has 2 aromatic rings. The number of para-hydroxylation sites is 1. The molecular weight excluding hydrogens is 492 g/mol. The van der Waals surface area contributed by atoms with Gasteiger partial charge in [0.2, 0.25) is 11.8 Å². The van der Waals surface area contributed by atoms with Gasteiger partial charge in [0.15, 0.2) is 0 Å². The van der Waals surface area contributed by atoms with Crippen LogP contribution in [0, 0.1) is 5.92 Å². The predicted octanol–water partition coefficient (Wildman–Crippen LogP) is 5.12. The Kier molecular flexibility index (Phi) is 7.36. The fourth-order valence-corrected chi connectivity index (χ4v) is 6.12. The fraction of sp³-hybridized carbons (Fsp3) is 0.483. The third kappa shape index (κ3) is 5.37. The first-order valence-corrected chi connectivity index (χ1v) is 13.4.